The molecule has 0 radical (unpaired) electrons. The van der Waals surface area contributed by atoms with E-state index >= 15 is 0 Å². The molecular weight excluding hydrogens is 393 g/mol. The first-order valence-corrected chi connectivity index (χ1v) is 10.7. The second-order valence-electron chi connectivity index (χ2n) is 8.68. The van der Waals surface area contributed by atoms with Gasteiger partial charge in [0.2, 0.25) is 5.88 Å². The molecule has 160 valence electrons. The van der Waals surface area contributed by atoms with Gasteiger partial charge >= 0.3 is 6.18 Å². The Labute approximate surface area is 173 Å². The highest BCUT2D eigenvalue weighted by Crippen LogP contribution is 2.51. The minimum absolute atomic E-state index is 0.0519. The summed E-state index contributed by atoms with van der Waals surface area (Å²) in [5.74, 6) is 0.493. The minimum Gasteiger partial charge on any atom is -0.474 e. The van der Waals surface area contributed by atoms with Gasteiger partial charge in [0.05, 0.1) is 17.2 Å². The third-order valence-corrected chi connectivity index (χ3v) is 6.52. The van der Waals surface area contributed by atoms with Crippen LogP contribution in [0.4, 0.5) is 13.2 Å². The first kappa shape index (κ1) is 19.8. The molecule has 7 heteroatoms. The van der Waals surface area contributed by atoms with E-state index in [2.05, 4.69) is 22.6 Å². The van der Waals surface area contributed by atoms with E-state index in [0.29, 0.717) is 12.0 Å². The van der Waals surface area contributed by atoms with Gasteiger partial charge in [0, 0.05) is 24.1 Å². The lowest BCUT2D eigenvalue weighted by atomic mass is 9.69. The minimum atomic E-state index is -4.45. The molecule has 2 heterocycles. The number of halogens is 3. The Morgan fingerprint density at radius 3 is 2.63 bits per heavy atom. The number of benzene rings is 1. The van der Waals surface area contributed by atoms with E-state index < -0.39 is 23.4 Å². The maximum absolute atomic E-state index is 13.4. The lowest BCUT2D eigenvalue weighted by Gasteiger charge is -2.40. The molecule has 1 aliphatic heterocycles. The average Bonchev–Trinajstić information content (AvgIpc) is 3.47. The zero-order valence-corrected chi connectivity index (χ0v) is 16.6. The van der Waals surface area contributed by atoms with Gasteiger partial charge in [0.25, 0.3) is 0 Å². The topological polar surface area (TPSA) is 43.4 Å². The van der Waals surface area contributed by atoms with Crippen LogP contribution in [0.25, 0.3) is 0 Å². The molecular formula is C23H25F3N2O2. The zero-order chi connectivity index (χ0) is 20.8. The quantitative estimate of drug-likeness (QED) is 0.691. The summed E-state index contributed by atoms with van der Waals surface area (Å²) in [5, 5.41) is 0. The maximum Gasteiger partial charge on any atom is 0.417 e. The van der Waals surface area contributed by atoms with E-state index in [1.54, 1.807) is 0 Å². The summed E-state index contributed by atoms with van der Waals surface area (Å²) >= 11 is 0. The van der Waals surface area contributed by atoms with Crippen LogP contribution in [0, 0.1) is 0 Å². The van der Waals surface area contributed by atoms with Gasteiger partial charge in [0.1, 0.15) is 6.10 Å². The van der Waals surface area contributed by atoms with Crippen molar-refractivity contribution in [1.29, 1.82) is 0 Å². The van der Waals surface area contributed by atoms with Crippen molar-refractivity contribution in [3.05, 3.63) is 59.3 Å². The van der Waals surface area contributed by atoms with E-state index in [4.69, 9.17) is 9.57 Å². The van der Waals surface area contributed by atoms with Gasteiger partial charge in [-0.25, -0.2) is 4.98 Å². The number of hydroxylamine groups is 1. The van der Waals surface area contributed by atoms with Gasteiger partial charge in [-0.3, -0.25) is 4.84 Å². The Bertz CT molecular complexity index is 901. The number of ether oxygens (including phenoxy) is 1. The molecule has 1 N–H and O–H groups in total. The third kappa shape index (κ3) is 3.81. The molecule has 1 aromatic carbocycles. The highest BCUT2D eigenvalue weighted by atomic mass is 19.4. The Balaban J connectivity index is 1.47. The monoisotopic (exact) mass is 418 g/mol. The van der Waals surface area contributed by atoms with Crippen LogP contribution in [-0.4, -0.2) is 16.7 Å². The SMILES string of the molecule is FC(F)(F)c1cnc(OC2CC2)c([C@H]2C[C@@]3(CCCC[C@H]3c3ccccc3)ON2)c1. The van der Waals surface area contributed by atoms with Gasteiger partial charge in [-0.2, -0.15) is 18.7 Å². The molecule has 4 nitrogen and oxygen atoms in total. The molecule has 2 aromatic rings. The Hall–Kier alpha value is -2.12. The Kier molecular flexibility index (Phi) is 4.98. The number of nitrogens with zero attached hydrogens (tertiary/aromatic N) is 1. The molecule has 0 amide bonds. The first-order valence-electron chi connectivity index (χ1n) is 10.7. The third-order valence-electron chi connectivity index (χ3n) is 6.52. The van der Waals surface area contributed by atoms with Crippen LogP contribution in [0.3, 0.4) is 0 Å². The van der Waals surface area contributed by atoms with Crippen molar-refractivity contribution in [2.24, 2.45) is 0 Å². The van der Waals surface area contributed by atoms with E-state index in [9.17, 15) is 13.2 Å². The van der Waals surface area contributed by atoms with E-state index in [1.165, 1.54) is 11.6 Å². The zero-order valence-electron chi connectivity index (χ0n) is 16.6. The molecule has 30 heavy (non-hydrogen) atoms. The fourth-order valence-corrected chi connectivity index (χ4v) is 4.84. The lowest BCUT2D eigenvalue weighted by molar-refractivity contribution is -0.138. The van der Waals surface area contributed by atoms with Crippen LogP contribution in [0.15, 0.2) is 42.6 Å². The maximum atomic E-state index is 13.4. The van der Waals surface area contributed by atoms with Crippen molar-refractivity contribution in [3.63, 3.8) is 0 Å². The summed E-state index contributed by atoms with van der Waals surface area (Å²) in [4.78, 5) is 10.2. The molecule has 3 aliphatic rings. The predicted molar refractivity (Wildman–Crippen MR) is 105 cm³/mol. The van der Waals surface area contributed by atoms with Gasteiger partial charge in [0.15, 0.2) is 0 Å². The lowest BCUT2D eigenvalue weighted by Crippen LogP contribution is -2.39. The van der Waals surface area contributed by atoms with E-state index in [0.717, 1.165) is 44.7 Å². The van der Waals surface area contributed by atoms with Crippen molar-refractivity contribution >= 4 is 0 Å². The second-order valence-corrected chi connectivity index (χ2v) is 8.68. The highest BCUT2D eigenvalue weighted by molar-refractivity contribution is 5.36. The number of nitrogens with one attached hydrogen (secondary N) is 1. The number of aromatic nitrogens is 1. The summed E-state index contributed by atoms with van der Waals surface area (Å²) in [5.41, 5.74) is 3.52. The average molecular weight is 418 g/mol. The fraction of sp³-hybridized carbons (Fsp3) is 0.522. The first-order chi connectivity index (χ1) is 14.4. The van der Waals surface area contributed by atoms with Crippen LogP contribution in [0.2, 0.25) is 0 Å². The van der Waals surface area contributed by atoms with Gasteiger partial charge in [-0.15, -0.1) is 0 Å². The van der Waals surface area contributed by atoms with Crippen molar-refractivity contribution in [2.75, 3.05) is 0 Å². The normalized spacial score (nSPS) is 29.3. The summed E-state index contributed by atoms with van der Waals surface area (Å²) in [7, 11) is 0. The number of pyridine rings is 1. The van der Waals surface area contributed by atoms with E-state index in [-0.39, 0.29) is 17.9 Å². The number of hydrogen-bond donors (Lipinski definition) is 1. The van der Waals surface area contributed by atoms with Crippen LogP contribution in [0.5, 0.6) is 5.88 Å². The van der Waals surface area contributed by atoms with Crippen LogP contribution in [-0.2, 0) is 11.0 Å². The molecule has 3 atom stereocenters. The summed E-state index contributed by atoms with van der Waals surface area (Å²) in [6, 6.07) is 11.0. The van der Waals surface area contributed by atoms with Crippen molar-refractivity contribution < 1.29 is 22.7 Å². The van der Waals surface area contributed by atoms with Crippen LogP contribution < -0.4 is 10.2 Å². The summed E-state index contributed by atoms with van der Waals surface area (Å²) in [6.07, 6.45) is 2.93. The highest BCUT2D eigenvalue weighted by Gasteiger charge is 2.50. The number of hydrogen-bond acceptors (Lipinski definition) is 4. The van der Waals surface area contributed by atoms with Crippen molar-refractivity contribution in [2.45, 2.75) is 74.8 Å². The molecule has 2 aliphatic carbocycles. The predicted octanol–water partition coefficient (Wildman–Crippen LogP) is 5.70. The number of alkyl halides is 3. The second kappa shape index (κ2) is 7.54. The summed E-state index contributed by atoms with van der Waals surface area (Å²) in [6.45, 7) is 0. The van der Waals surface area contributed by atoms with Gasteiger partial charge in [-0.05, 0) is 37.3 Å². The molecule has 5 rings (SSSR count). The van der Waals surface area contributed by atoms with E-state index in [1.807, 2.05) is 18.2 Å². The summed E-state index contributed by atoms with van der Waals surface area (Å²) < 4.78 is 45.9. The van der Waals surface area contributed by atoms with Gasteiger partial charge in [-0.1, -0.05) is 43.2 Å². The molecule has 1 aromatic heterocycles. The van der Waals surface area contributed by atoms with Crippen molar-refractivity contribution in [1.82, 2.24) is 10.5 Å². The van der Waals surface area contributed by atoms with Crippen molar-refractivity contribution in [3.8, 4) is 5.88 Å². The molecule has 1 spiro atoms. The molecule has 0 bridgehead atoms. The van der Waals surface area contributed by atoms with Crippen LogP contribution in [0.1, 0.15) is 73.6 Å². The Morgan fingerprint density at radius 2 is 1.90 bits per heavy atom. The fourth-order valence-electron chi connectivity index (χ4n) is 4.84. The number of rotatable bonds is 4. The smallest absolute Gasteiger partial charge is 0.417 e. The molecule has 3 fully saturated rings. The molecule has 2 saturated carbocycles. The Morgan fingerprint density at radius 1 is 1.10 bits per heavy atom. The molecule has 1 saturated heterocycles. The standard InChI is InChI=1S/C23H25F3N2O2/c24-23(25,26)16-12-18(21(27-14-16)29-17-9-10-17)20-13-22(30-28-20)11-5-4-8-19(22)15-6-2-1-3-7-15/h1-3,6-7,12,14,17,19-20,28H,4-5,8-11,13H2/t19-,20+,22+/m0/s1. The van der Waals surface area contributed by atoms with Crippen LogP contribution >= 0.6 is 0 Å². The molecule has 0 unspecified atom stereocenters. The largest absolute Gasteiger partial charge is 0.474 e. The van der Waals surface area contributed by atoms with Gasteiger partial charge < -0.3 is 4.74 Å².